The number of halogens is 3. The average Bonchev–Trinajstić information content (AvgIpc) is 3.55. The Morgan fingerprint density at radius 3 is 2.72 bits per heavy atom. The maximum Gasteiger partial charge on any atom is 0.321 e. The molecule has 1 fully saturated rings. The van der Waals surface area contributed by atoms with E-state index in [-0.39, 0.29) is 30.6 Å². The molecule has 3 aromatic rings. The Labute approximate surface area is 227 Å². The molecular formula is C30H34F3N5O. The molecule has 2 aromatic carbocycles. The Balaban J connectivity index is 1.57. The maximum atomic E-state index is 15.0. The molecule has 0 spiro atoms. The van der Waals surface area contributed by atoms with Gasteiger partial charge >= 0.3 is 6.03 Å². The molecule has 2 aliphatic heterocycles. The van der Waals surface area contributed by atoms with Crippen molar-refractivity contribution in [3.8, 4) is 0 Å². The van der Waals surface area contributed by atoms with E-state index in [1.165, 1.54) is 6.07 Å². The summed E-state index contributed by atoms with van der Waals surface area (Å²) in [4.78, 5) is 19.6. The third kappa shape index (κ3) is 5.59. The molecule has 0 aliphatic carbocycles. The summed E-state index contributed by atoms with van der Waals surface area (Å²) in [5.41, 5.74) is 1.49. The number of aromatic amines is 1. The Morgan fingerprint density at radius 1 is 1.18 bits per heavy atom. The monoisotopic (exact) mass is 537 g/mol. The lowest BCUT2D eigenvalue weighted by Gasteiger charge is -2.42. The van der Waals surface area contributed by atoms with Crippen molar-refractivity contribution in [2.24, 2.45) is 0 Å². The predicted octanol–water partition coefficient (Wildman–Crippen LogP) is 5.40. The minimum Gasteiger partial charge on any atom is -0.325 e. The van der Waals surface area contributed by atoms with E-state index in [2.05, 4.69) is 10.2 Å². The van der Waals surface area contributed by atoms with Crippen molar-refractivity contribution in [2.75, 3.05) is 33.7 Å². The summed E-state index contributed by atoms with van der Waals surface area (Å²) in [6.07, 6.45) is 4.50. The minimum absolute atomic E-state index is 0.0904. The van der Waals surface area contributed by atoms with E-state index in [0.717, 1.165) is 23.4 Å². The van der Waals surface area contributed by atoms with E-state index in [1.807, 2.05) is 54.4 Å². The third-order valence-electron chi connectivity index (χ3n) is 8.07. The van der Waals surface area contributed by atoms with E-state index in [9.17, 15) is 13.6 Å². The Bertz CT molecular complexity index is 1320. The largest absolute Gasteiger partial charge is 0.325 e. The average molecular weight is 538 g/mol. The van der Waals surface area contributed by atoms with Crippen LogP contribution < -0.4 is 0 Å². The summed E-state index contributed by atoms with van der Waals surface area (Å²) in [6, 6.07) is 14.3. The second-order valence-corrected chi connectivity index (χ2v) is 10.7. The molecule has 1 saturated heterocycles. The van der Waals surface area contributed by atoms with E-state index in [0.29, 0.717) is 37.9 Å². The van der Waals surface area contributed by atoms with E-state index in [1.54, 1.807) is 23.0 Å². The zero-order valence-corrected chi connectivity index (χ0v) is 22.3. The topological polar surface area (TPSA) is 55.5 Å². The third-order valence-corrected chi connectivity index (χ3v) is 8.07. The van der Waals surface area contributed by atoms with Crippen LogP contribution in [0.4, 0.5) is 18.0 Å². The molecule has 0 saturated carbocycles. The molecule has 2 amide bonds. The van der Waals surface area contributed by atoms with Crippen molar-refractivity contribution >= 4 is 11.6 Å². The van der Waals surface area contributed by atoms with E-state index in [4.69, 9.17) is 0 Å². The summed E-state index contributed by atoms with van der Waals surface area (Å²) < 4.78 is 44.0. The highest BCUT2D eigenvalue weighted by Gasteiger charge is 2.46. The number of H-pyrrole nitrogens is 1. The maximum absolute atomic E-state index is 15.0. The standard InChI is InChI=1S/C30H34F3N5O/c1-36-15-12-26(16-24(32)20-36)37(2)29(39)38-19-21(27-17-23(31)8-9-28(27)33)18-30(38,22-6-4-3-5-7-22)13-10-25-11-14-34-35-25/h3-9,11,14,17-18,24,26H,10,12-13,15-16,19-20H2,1-2H3,(H,34,35)/t24?,26?,30-/m0/s1. The lowest BCUT2D eigenvalue weighted by Crippen LogP contribution is -2.53. The SMILES string of the molecule is CN1CCC(N(C)C(=O)N2CC(c3cc(F)ccc3F)=C[C@@]2(CCc2ccn[nH]2)c2ccccc2)CC(F)C1. The van der Waals surface area contributed by atoms with Gasteiger partial charge in [-0.25, -0.2) is 18.0 Å². The minimum atomic E-state index is -1.04. The number of amides is 2. The Morgan fingerprint density at radius 2 is 1.97 bits per heavy atom. The zero-order valence-electron chi connectivity index (χ0n) is 22.3. The van der Waals surface area contributed by atoms with Crippen LogP contribution >= 0.6 is 0 Å². The predicted molar refractivity (Wildman–Crippen MR) is 145 cm³/mol. The highest BCUT2D eigenvalue weighted by Crippen LogP contribution is 2.44. The van der Waals surface area contributed by atoms with Crippen molar-refractivity contribution in [1.82, 2.24) is 24.9 Å². The highest BCUT2D eigenvalue weighted by atomic mass is 19.1. The van der Waals surface area contributed by atoms with Crippen LogP contribution in [-0.2, 0) is 12.0 Å². The summed E-state index contributed by atoms with van der Waals surface area (Å²) >= 11 is 0. The number of nitrogens with one attached hydrogen (secondary N) is 1. The van der Waals surface area contributed by atoms with Crippen molar-refractivity contribution in [3.63, 3.8) is 0 Å². The van der Waals surface area contributed by atoms with Gasteiger partial charge in [0.15, 0.2) is 0 Å². The molecule has 3 heterocycles. The van der Waals surface area contributed by atoms with Gasteiger partial charge in [-0.05, 0) is 74.3 Å². The molecule has 9 heteroatoms. The van der Waals surface area contributed by atoms with Gasteiger partial charge in [-0.2, -0.15) is 5.10 Å². The van der Waals surface area contributed by atoms with Crippen molar-refractivity contribution in [1.29, 1.82) is 0 Å². The molecule has 5 rings (SSSR count). The normalized spacial score (nSPS) is 23.9. The summed E-state index contributed by atoms with van der Waals surface area (Å²) in [6.45, 7) is 1.11. The quantitative estimate of drug-likeness (QED) is 0.458. The van der Waals surface area contributed by atoms with Crippen molar-refractivity contribution < 1.29 is 18.0 Å². The van der Waals surface area contributed by atoms with Crippen LogP contribution in [0.5, 0.6) is 0 Å². The van der Waals surface area contributed by atoms with Crippen LogP contribution in [0.25, 0.3) is 5.57 Å². The molecule has 0 bridgehead atoms. The molecule has 39 heavy (non-hydrogen) atoms. The highest BCUT2D eigenvalue weighted by molar-refractivity contribution is 5.83. The van der Waals surface area contributed by atoms with Crippen LogP contribution in [0.15, 0.2) is 66.9 Å². The van der Waals surface area contributed by atoms with Crippen LogP contribution in [0.1, 0.15) is 36.1 Å². The number of hydrogen-bond donors (Lipinski definition) is 1. The van der Waals surface area contributed by atoms with Gasteiger partial charge in [-0.3, -0.25) is 5.10 Å². The molecule has 206 valence electrons. The van der Waals surface area contributed by atoms with Crippen LogP contribution in [0.2, 0.25) is 0 Å². The van der Waals surface area contributed by atoms with Gasteiger partial charge < -0.3 is 14.7 Å². The summed E-state index contributed by atoms with van der Waals surface area (Å²) in [7, 11) is 3.60. The van der Waals surface area contributed by atoms with Crippen molar-refractivity contribution in [2.45, 2.75) is 43.4 Å². The number of hydrogen-bond acceptors (Lipinski definition) is 3. The molecule has 6 nitrogen and oxygen atoms in total. The van der Waals surface area contributed by atoms with Gasteiger partial charge in [-0.1, -0.05) is 30.3 Å². The molecular weight excluding hydrogens is 503 g/mol. The molecule has 2 aliphatic rings. The Hall–Kier alpha value is -3.59. The van der Waals surface area contributed by atoms with Crippen LogP contribution in [-0.4, -0.2) is 76.9 Å². The number of aryl methyl sites for hydroxylation is 1. The van der Waals surface area contributed by atoms with Crippen molar-refractivity contribution in [3.05, 3.63) is 95.3 Å². The number of likely N-dealkylation sites (tertiary alicyclic amines) is 1. The van der Waals surface area contributed by atoms with Crippen LogP contribution in [0, 0.1) is 11.6 Å². The number of carbonyl (C=O) groups is 1. The number of aromatic nitrogens is 2. The number of carbonyl (C=O) groups excluding carboxylic acids is 1. The fourth-order valence-electron chi connectivity index (χ4n) is 5.92. The number of rotatable bonds is 6. The van der Waals surface area contributed by atoms with Gasteiger partial charge in [0.1, 0.15) is 17.8 Å². The van der Waals surface area contributed by atoms with Gasteiger partial charge in [0.2, 0.25) is 0 Å². The molecule has 1 aromatic heterocycles. The molecule has 1 N–H and O–H groups in total. The number of nitrogens with zero attached hydrogens (tertiary/aromatic N) is 4. The number of alkyl halides is 1. The summed E-state index contributed by atoms with van der Waals surface area (Å²) in [5.74, 6) is -1.10. The van der Waals surface area contributed by atoms with E-state index >= 15 is 4.39 Å². The first-order valence-corrected chi connectivity index (χ1v) is 13.3. The van der Waals surface area contributed by atoms with Gasteiger partial charge in [0.25, 0.3) is 0 Å². The lowest BCUT2D eigenvalue weighted by molar-refractivity contribution is 0.105. The first kappa shape index (κ1) is 27.0. The number of urea groups is 1. The van der Waals surface area contributed by atoms with Gasteiger partial charge in [-0.15, -0.1) is 0 Å². The smallest absolute Gasteiger partial charge is 0.321 e. The van der Waals surface area contributed by atoms with Gasteiger partial charge in [0, 0.05) is 50.1 Å². The molecule has 3 atom stereocenters. The number of benzene rings is 2. The second-order valence-electron chi connectivity index (χ2n) is 10.7. The molecule has 2 unspecified atom stereocenters. The van der Waals surface area contributed by atoms with Crippen LogP contribution in [0.3, 0.4) is 0 Å². The zero-order chi connectivity index (χ0) is 27.6. The first-order valence-electron chi connectivity index (χ1n) is 13.3. The second kappa shape index (κ2) is 11.3. The summed E-state index contributed by atoms with van der Waals surface area (Å²) in [5, 5.41) is 7.04. The Kier molecular flexibility index (Phi) is 7.79. The van der Waals surface area contributed by atoms with Gasteiger partial charge in [0.05, 0.1) is 5.54 Å². The molecule has 0 radical (unpaired) electrons. The lowest BCUT2D eigenvalue weighted by atomic mass is 9.83. The first-order chi connectivity index (χ1) is 18.8. The fraction of sp³-hybridized carbons (Fsp3) is 0.400. The fourth-order valence-corrected chi connectivity index (χ4v) is 5.92. The van der Waals surface area contributed by atoms with E-state index < -0.39 is 23.3 Å².